The van der Waals surface area contributed by atoms with Crippen LogP contribution < -0.4 is 10.1 Å². The molecule has 27 heavy (non-hydrogen) atoms. The molecule has 0 saturated carbocycles. The topological polar surface area (TPSA) is 75.7 Å². The molecule has 3 amide bonds. The molecule has 0 aromatic heterocycles. The van der Waals surface area contributed by atoms with Crippen molar-refractivity contribution < 1.29 is 27.9 Å². The first-order chi connectivity index (χ1) is 12.9. The van der Waals surface area contributed by atoms with Gasteiger partial charge >= 0.3 is 6.61 Å². The zero-order chi connectivity index (χ0) is 19.6. The number of carbonyl (C=O) groups excluding carboxylic acids is 3. The molecule has 0 saturated heterocycles. The second kappa shape index (κ2) is 7.36. The number of halogens is 2. The highest BCUT2D eigenvalue weighted by Crippen LogP contribution is 2.25. The van der Waals surface area contributed by atoms with Gasteiger partial charge in [-0.3, -0.25) is 19.3 Å². The van der Waals surface area contributed by atoms with Crippen molar-refractivity contribution in [3.8, 4) is 5.75 Å². The summed E-state index contributed by atoms with van der Waals surface area (Å²) in [4.78, 5) is 37.9. The van der Waals surface area contributed by atoms with Gasteiger partial charge in [0.25, 0.3) is 17.7 Å². The van der Waals surface area contributed by atoms with E-state index in [1.807, 2.05) is 0 Å². The van der Waals surface area contributed by atoms with Crippen LogP contribution in [0.15, 0.2) is 55.1 Å². The Morgan fingerprint density at radius 2 is 1.78 bits per heavy atom. The minimum atomic E-state index is -2.93. The number of rotatable bonds is 6. The number of amides is 3. The summed E-state index contributed by atoms with van der Waals surface area (Å²) in [6.45, 7) is 0.661. The smallest absolute Gasteiger partial charge is 0.387 e. The van der Waals surface area contributed by atoms with Gasteiger partial charge in [0, 0.05) is 17.8 Å². The summed E-state index contributed by atoms with van der Waals surface area (Å²) in [6.07, 6.45) is 1.44. The summed E-state index contributed by atoms with van der Waals surface area (Å²) in [5, 5.41) is 2.58. The Hall–Kier alpha value is -3.55. The van der Waals surface area contributed by atoms with Crippen LogP contribution in [0, 0.1) is 0 Å². The average molecular weight is 372 g/mol. The lowest BCUT2D eigenvalue weighted by Crippen LogP contribution is -2.29. The quantitative estimate of drug-likeness (QED) is 0.623. The molecule has 0 aliphatic carbocycles. The molecule has 2 aromatic rings. The van der Waals surface area contributed by atoms with Crippen molar-refractivity contribution in [1.29, 1.82) is 0 Å². The Labute approximate surface area is 153 Å². The van der Waals surface area contributed by atoms with E-state index in [0.717, 1.165) is 4.90 Å². The molecule has 1 aliphatic rings. The number of benzene rings is 2. The standard InChI is InChI=1S/C19H14F2N2O4/c1-2-9-23-17(25)14-8-3-11(10-15(14)18(23)26)16(24)22-12-4-6-13(7-5-12)27-19(20)21/h2-8,10,19H,1,9H2,(H,22,24). The summed E-state index contributed by atoms with van der Waals surface area (Å²) >= 11 is 0. The largest absolute Gasteiger partial charge is 0.435 e. The van der Waals surface area contributed by atoms with Gasteiger partial charge in [-0.2, -0.15) is 8.78 Å². The molecule has 138 valence electrons. The predicted octanol–water partition coefficient (Wildman–Crippen LogP) is 3.32. The van der Waals surface area contributed by atoms with Crippen LogP contribution in [-0.2, 0) is 0 Å². The number of hydrogen-bond donors (Lipinski definition) is 1. The molecular formula is C19H14F2N2O4. The van der Waals surface area contributed by atoms with Gasteiger partial charge in [0.15, 0.2) is 0 Å². The molecule has 0 fully saturated rings. The fourth-order valence-corrected chi connectivity index (χ4v) is 2.65. The summed E-state index contributed by atoms with van der Waals surface area (Å²) in [7, 11) is 0. The predicted molar refractivity (Wildman–Crippen MR) is 93.0 cm³/mol. The summed E-state index contributed by atoms with van der Waals surface area (Å²) in [5.41, 5.74) is 0.920. The van der Waals surface area contributed by atoms with Crippen LogP contribution in [0.2, 0.25) is 0 Å². The Balaban J connectivity index is 1.76. The Morgan fingerprint density at radius 1 is 1.11 bits per heavy atom. The minimum absolute atomic E-state index is 0.0352. The van der Waals surface area contributed by atoms with E-state index in [1.54, 1.807) is 0 Å². The number of carbonyl (C=O) groups is 3. The van der Waals surface area contributed by atoms with Gasteiger partial charge in [-0.15, -0.1) is 6.58 Å². The van der Waals surface area contributed by atoms with Crippen LogP contribution in [0.4, 0.5) is 14.5 Å². The molecule has 6 nitrogen and oxygen atoms in total. The maximum absolute atomic E-state index is 12.4. The van der Waals surface area contributed by atoms with E-state index in [2.05, 4.69) is 16.6 Å². The van der Waals surface area contributed by atoms with Crippen LogP contribution >= 0.6 is 0 Å². The number of imide groups is 1. The second-order valence-electron chi connectivity index (χ2n) is 5.63. The molecule has 1 N–H and O–H groups in total. The highest BCUT2D eigenvalue weighted by Gasteiger charge is 2.35. The van der Waals surface area contributed by atoms with Crippen molar-refractivity contribution in [2.24, 2.45) is 0 Å². The maximum atomic E-state index is 12.4. The van der Waals surface area contributed by atoms with E-state index in [1.165, 1.54) is 48.5 Å². The van der Waals surface area contributed by atoms with Crippen molar-refractivity contribution in [2.45, 2.75) is 6.61 Å². The first-order valence-electron chi connectivity index (χ1n) is 7.88. The lowest BCUT2D eigenvalue weighted by molar-refractivity contribution is -0.0498. The first kappa shape index (κ1) is 18.2. The molecule has 1 heterocycles. The van der Waals surface area contributed by atoms with Gasteiger partial charge in [0.05, 0.1) is 11.1 Å². The van der Waals surface area contributed by atoms with Gasteiger partial charge in [-0.1, -0.05) is 6.08 Å². The van der Waals surface area contributed by atoms with Gasteiger partial charge in [-0.05, 0) is 42.5 Å². The highest BCUT2D eigenvalue weighted by molar-refractivity contribution is 6.22. The van der Waals surface area contributed by atoms with Gasteiger partial charge in [0.2, 0.25) is 0 Å². The van der Waals surface area contributed by atoms with Crippen LogP contribution in [0.1, 0.15) is 31.1 Å². The zero-order valence-electron chi connectivity index (χ0n) is 13.9. The van der Waals surface area contributed by atoms with Gasteiger partial charge in [0.1, 0.15) is 5.75 Å². The van der Waals surface area contributed by atoms with Crippen molar-refractivity contribution in [3.63, 3.8) is 0 Å². The molecule has 0 radical (unpaired) electrons. The molecule has 8 heteroatoms. The number of anilines is 1. The van der Waals surface area contributed by atoms with Crippen molar-refractivity contribution >= 4 is 23.4 Å². The average Bonchev–Trinajstić information content (AvgIpc) is 2.88. The summed E-state index contributed by atoms with van der Waals surface area (Å²) in [5.74, 6) is -1.47. The lowest BCUT2D eigenvalue weighted by Gasteiger charge is -2.09. The van der Waals surface area contributed by atoms with Gasteiger partial charge < -0.3 is 10.1 Å². The summed E-state index contributed by atoms with van der Waals surface area (Å²) < 4.78 is 28.5. The third-order valence-electron chi connectivity index (χ3n) is 3.88. The van der Waals surface area contributed by atoms with E-state index >= 15 is 0 Å². The normalized spacial score (nSPS) is 12.9. The van der Waals surface area contributed by atoms with E-state index in [0.29, 0.717) is 5.69 Å². The molecule has 0 unspecified atom stereocenters. The Kier molecular flexibility index (Phi) is 4.98. The first-order valence-corrected chi connectivity index (χ1v) is 7.88. The number of hydrogen-bond acceptors (Lipinski definition) is 4. The van der Waals surface area contributed by atoms with E-state index in [9.17, 15) is 23.2 Å². The van der Waals surface area contributed by atoms with Crippen LogP contribution in [0.3, 0.4) is 0 Å². The molecule has 0 spiro atoms. The van der Waals surface area contributed by atoms with Crippen molar-refractivity contribution in [2.75, 3.05) is 11.9 Å². The Bertz CT molecular complexity index is 926. The SMILES string of the molecule is C=CCN1C(=O)c2ccc(C(=O)Nc3ccc(OC(F)F)cc3)cc2C1=O. The third-order valence-corrected chi connectivity index (χ3v) is 3.88. The molecule has 1 aliphatic heterocycles. The zero-order valence-corrected chi connectivity index (χ0v) is 13.9. The van der Waals surface area contributed by atoms with E-state index in [-0.39, 0.29) is 29.0 Å². The van der Waals surface area contributed by atoms with Crippen molar-refractivity contribution in [1.82, 2.24) is 4.90 Å². The fraction of sp³-hybridized carbons (Fsp3) is 0.105. The van der Waals surface area contributed by atoms with E-state index < -0.39 is 24.3 Å². The molecule has 3 rings (SSSR count). The summed E-state index contributed by atoms with van der Waals surface area (Å²) in [6, 6.07) is 9.60. The van der Waals surface area contributed by atoms with Crippen LogP contribution in [0.5, 0.6) is 5.75 Å². The number of fused-ring (bicyclic) bond motifs is 1. The fourth-order valence-electron chi connectivity index (χ4n) is 2.65. The Morgan fingerprint density at radius 3 is 2.41 bits per heavy atom. The minimum Gasteiger partial charge on any atom is -0.435 e. The third kappa shape index (κ3) is 3.69. The van der Waals surface area contributed by atoms with Gasteiger partial charge in [-0.25, -0.2) is 0 Å². The van der Waals surface area contributed by atoms with Crippen LogP contribution in [-0.4, -0.2) is 35.8 Å². The molecule has 0 bridgehead atoms. The molecular weight excluding hydrogens is 358 g/mol. The lowest BCUT2D eigenvalue weighted by atomic mass is 10.1. The number of alkyl halides is 2. The number of nitrogens with one attached hydrogen (secondary N) is 1. The maximum Gasteiger partial charge on any atom is 0.387 e. The molecule has 0 atom stereocenters. The monoisotopic (exact) mass is 372 g/mol. The number of ether oxygens (including phenoxy) is 1. The second-order valence-corrected chi connectivity index (χ2v) is 5.63. The van der Waals surface area contributed by atoms with Crippen LogP contribution in [0.25, 0.3) is 0 Å². The molecule has 2 aromatic carbocycles. The number of nitrogens with zero attached hydrogens (tertiary/aromatic N) is 1. The van der Waals surface area contributed by atoms with E-state index in [4.69, 9.17) is 0 Å². The van der Waals surface area contributed by atoms with Crippen molar-refractivity contribution in [3.05, 3.63) is 71.8 Å². The highest BCUT2D eigenvalue weighted by atomic mass is 19.3.